The molecule has 0 N–H and O–H groups in total. The Morgan fingerprint density at radius 1 is 1.07 bits per heavy atom. The van der Waals surface area contributed by atoms with Crippen LogP contribution in [0.1, 0.15) is 5.56 Å². The van der Waals surface area contributed by atoms with Crippen molar-refractivity contribution in [2.75, 3.05) is 11.4 Å². The molecule has 1 aliphatic rings. The smallest absolute Gasteiger partial charge is 0.271 e. The van der Waals surface area contributed by atoms with Gasteiger partial charge in [-0.25, -0.2) is 4.98 Å². The average molecular weight is 387 g/mol. The lowest BCUT2D eigenvalue weighted by atomic mass is 10.2. The number of hydrogen-bond donors (Lipinski definition) is 0. The van der Waals surface area contributed by atoms with Crippen LogP contribution in [0, 0.1) is 0 Å². The molecule has 0 fully saturated rings. The quantitative estimate of drug-likeness (QED) is 0.538. The molecule has 5 rings (SSSR count). The Hall–Kier alpha value is -3.25. The third-order valence-electron chi connectivity index (χ3n) is 5.06. The van der Waals surface area contributed by atoms with Crippen LogP contribution in [0.4, 0.5) is 5.69 Å². The first-order chi connectivity index (χ1) is 13.7. The monoisotopic (exact) mass is 387 g/mol. The van der Waals surface area contributed by atoms with Gasteiger partial charge in [0, 0.05) is 17.1 Å². The number of benzene rings is 2. The van der Waals surface area contributed by atoms with Crippen LogP contribution in [0.15, 0.2) is 71.8 Å². The van der Waals surface area contributed by atoms with Gasteiger partial charge in [-0.2, -0.15) is 0 Å². The minimum Gasteiger partial charge on any atom is -0.310 e. The molecular formula is C22H17N3O2S. The summed E-state index contributed by atoms with van der Waals surface area (Å²) >= 11 is 1.42. The molecule has 28 heavy (non-hydrogen) atoms. The molecule has 2 aromatic heterocycles. The largest absolute Gasteiger partial charge is 0.310 e. The Morgan fingerprint density at radius 3 is 2.71 bits per heavy atom. The number of anilines is 1. The van der Waals surface area contributed by atoms with Crippen molar-refractivity contribution in [3.05, 3.63) is 82.9 Å². The van der Waals surface area contributed by atoms with Crippen LogP contribution in [0.25, 0.3) is 20.7 Å². The van der Waals surface area contributed by atoms with E-state index in [0.29, 0.717) is 16.8 Å². The number of carbonyl (C=O) groups excluding carboxylic acids is 1. The van der Waals surface area contributed by atoms with Crippen LogP contribution in [-0.2, 0) is 17.8 Å². The summed E-state index contributed by atoms with van der Waals surface area (Å²) in [5, 5.41) is 0. The second-order valence-electron chi connectivity index (χ2n) is 6.79. The van der Waals surface area contributed by atoms with Gasteiger partial charge in [0.05, 0.1) is 11.8 Å². The molecular weight excluding hydrogens is 370 g/mol. The molecule has 3 heterocycles. The first kappa shape index (κ1) is 16.9. The second-order valence-corrected chi connectivity index (χ2v) is 7.84. The number of hydrogen-bond acceptors (Lipinski definition) is 4. The van der Waals surface area contributed by atoms with Crippen molar-refractivity contribution in [2.24, 2.45) is 0 Å². The third kappa shape index (κ3) is 2.82. The van der Waals surface area contributed by atoms with Gasteiger partial charge in [-0.05, 0) is 29.7 Å². The van der Waals surface area contributed by atoms with Gasteiger partial charge in [-0.1, -0.05) is 48.5 Å². The maximum absolute atomic E-state index is 12.9. The van der Waals surface area contributed by atoms with Crippen LogP contribution in [0.5, 0.6) is 0 Å². The summed E-state index contributed by atoms with van der Waals surface area (Å²) in [4.78, 5) is 32.9. The van der Waals surface area contributed by atoms with Gasteiger partial charge in [-0.15, -0.1) is 11.3 Å². The van der Waals surface area contributed by atoms with Crippen molar-refractivity contribution in [3.63, 3.8) is 0 Å². The molecule has 4 aromatic rings. The number of nitrogens with zero attached hydrogens (tertiary/aromatic N) is 3. The van der Waals surface area contributed by atoms with Gasteiger partial charge in [-0.3, -0.25) is 14.2 Å². The minimum absolute atomic E-state index is 0.00528. The minimum atomic E-state index is -0.169. The highest BCUT2D eigenvalue weighted by Gasteiger charge is 2.24. The summed E-state index contributed by atoms with van der Waals surface area (Å²) in [7, 11) is 0. The molecule has 0 bridgehead atoms. The van der Waals surface area contributed by atoms with Gasteiger partial charge in [0.25, 0.3) is 5.56 Å². The topological polar surface area (TPSA) is 55.2 Å². The molecule has 0 saturated heterocycles. The van der Waals surface area contributed by atoms with Gasteiger partial charge in [0.2, 0.25) is 5.91 Å². The maximum atomic E-state index is 12.9. The zero-order valence-electron chi connectivity index (χ0n) is 15.0. The van der Waals surface area contributed by atoms with Gasteiger partial charge >= 0.3 is 0 Å². The number of aromatic nitrogens is 2. The Kier molecular flexibility index (Phi) is 4.06. The SMILES string of the molecule is O=C(Cn1cnc2cc(-c3ccccc3)sc2c1=O)N1CCc2ccccc21. The summed E-state index contributed by atoms with van der Waals surface area (Å²) in [6, 6.07) is 19.8. The molecule has 0 saturated carbocycles. The van der Waals surface area contributed by atoms with E-state index in [0.717, 1.165) is 22.5 Å². The standard InChI is InChI=1S/C22H17N3O2S/c26-20(25-11-10-15-6-4-5-9-18(15)25)13-24-14-23-17-12-19(28-21(17)22(24)27)16-7-2-1-3-8-16/h1-9,12,14H,10-11,13H2. The summed E-state index contributed by atoms with van der Waals surface area (Å²) in [5.41, 5.74) is 3.67. The van der Waals surface area contributed by atoms with E-state index in [-0.39, 0.29) is 18.0 Å². The molecule has 1 aliphatic heterocycles. The average Bonchev–Trinajstić information content (AvgIpc) is 3.35. The van der Waals surface area contributed by atoms with E-state index in [1.165, 1.54) is 27.8 Å². The highest BCUT2D eigenvalue weighted by Crippen LogP contribution is 2.31. The van der Waals surface area contributed by atoms with Crippen molar-refractivity contribution in [1.29, 1.82) is 0 Å². The molecule has 1 amide bonds. The van der Waals surface area contributed by atoms with Crippen LogP contribution in [0.2, 0.25) is 0 Å². The van der Waals surface area contributed by atoms with Crippen molar-refractivity contribution < 1.29 is 4.79 Å². The molecule has 0 aliphatic carbocycles. The highest BCUT2D eigenvalue weighted by molar-refractivity contribution is 7.22. The molecule has 0 radical (unpaired) electrons. The molecule has 138 valence electrons. The fourth-order valence-corrected chi connectivity index (χ4v) is 4.70. The lowest BCUT2D eigenvalue weighted by molar-refractivity contribution is -0.119. The van der Waals surface area contributed by atoms with Crippen LogP contribution >= 0.6 is 11.3 Å². The molecule has 0 spiro atoms. The van der Waals surface area contributed by atoms with E-state index in [4.69, 9.17) is 0 Å². The first-order valence-electron chi connectivity index (χ1n) is 9.13. The van der Waals surface area contributed by atoms with Crippen LogP contribution < -0.4 is 10.5 Å². The lowest BCUT2D eigenvalue weighted by Crippen LogP contribution is -2.35. The number of thiophene rings is 1. The number of amides is 1. The Bertz CT molecular complexity index is 1240. The van der Waals surface area contributed by atoms with Crippen molar-refractivity contribution in [1.82, 2.24) is 9.55 Å². The summed E-state index contributed by atoms with van der Waals surface area (Å²) in [5.74, 6) is -0.0898. The summed E-state index contributed by atoms with van der Waals surface area (Å²) < 4.78 is 1.99. The number of rotatable bonds is 3. The Balaban J connectivity index is 1.46. The van der Waals surface area contributed by atoms with Crippen molar-refractivity contribution >= 4 is 33.1 Å². The maximum Gasteiger partial charge on any atom is 0.271 e. The predicted octanol–water partition coefficient (Wildman–Crippen LogP) is 3.71. The van der Waals surface area contributed by atoms with Crippen LogP contribution in [-0.4, -0.2) is 22.0 Å². The van der Waals surface area contributed by atoms with Gasteiger partial charge in [0.1, 0.15) is 11.2 Å². The Morgan fingerprint density at radius 2 is 1.86 bits per heavy atom. The van der Waals surface area contributed by atoms with E-state index < -0.39 is 0 Å². The third-order valence-corrected chi connectivity index (χ3v) is 6.22. The van der Waals surface area contributed by atoms with E-state index in [1.54, 1.807) is 4.90 Å². The summed E-state index contributed by atoms with van der Waals surface area (Å²) in [6.07, 6.45) is 2.32. The van der Waals surface area contributed by atoms with E-state index in [2.05, 4.69) is 4.98 Å². The normalized spacial score (nSPS) is 13.1. The van der Waals surface area contributed by atoms with Gasteiger partial charge in [0.15, 0.2) is 0 Å². The summed E-state index contributed by atoms with van der Waals surface area (Å²) in [6.45, 7) is 0.647. The van der Waals surface area contributed by atoms with E-state index >= 15 is 0 Å². The zero-order chi connectivity index (χ0) is 19.1. The number of para-hydroxylation sites is 1. The highest BCUT2D eigenvalue weighted by atomic mass is 32.1. The van der Waals surface area contributed by atoms with E-state index in [9.17, 15) is 9.59 Å². The molecule has 2 aromatic carbocycles. The number of carbonyl (C=O) groups is 1. The molecule has 0 unspecified atom stereocenters. The fourth-order valence-electron chi connectivity index (χ4n) is 3.63. The van der Waals surface area contributed by atoms with Crippen LogP contribution in [0.3, 0.4) is 0 Å². The Labute approximate surface area is 165 Å². The van der Waals surface area contributed by atoms with E-state index in [1.807, 2.05) is 60.7 Å². The van der Waals surface area contributed by atoms with Crippen molar-refractivity contribution in [2.45, 2.75) is 13.0 Å². The molecule has 0 atom stereocenters. The molecule has 6 heteroatoms. The lowest BCUT2D eigenvalue weighted by Gasteiger charge is -2.17. The number of fused-ring (bicyclic) bond motifs is 2. The predicted molar refractivity (Wildman–Crippen MR) is 112 cm³/mol. The van der Waals surface area contributed by atoms with Crippen molar-refractivity contribution in [3.8, 4) is 10.4 Å². The van der Waals surface area contributed by atoms with Gasteiger partial charge < -0.3 is 4.90 Å². The second kappa shape index (κ2) is 6.73. The fraction of sp³-hybridized carbons (Fsp3) is 0.136. The first-order valence-corrected chi connectivity index (χ1v) is 9.95. The zero-order valence-corrected chi connectivity index (χ0v) is 15.9. The molecule has 5 nitrogen and oxygen atoms in total.